The van der Waals surface area contributed by atoms with Crippen LogP contribution in [0, 0.1) is 5.92 Å². The Morgan fingerprint density at radius 3 is 2.42 bits per heavy atom. The van der Waals surface area contributed by atoms with Gasteiger partial charge >= 0.3 is 5.97 Å². The van der Waals surface area contributed by atoms with Crippen LogP contribution in [-0.2, 0) is 25.5 Å². The summed E-state index contributed by atoms with van der Waals surface area (Å²) in [6.45, 7) is 3.45. The number of carbonyl (C=O) groups excluding carboxylic acids is 2. The molecule has 7 heteroatoms. The van der Waals surface area contributed by atoms with Gasteiger partial charge in [-0.05, 0) is 38.0 Å². The summed E-state index contributed by atoms with van der Waals surface area (Å²) in [6, 6.07) is 6.91. The minimum Gasteiger partial charge on any atom is -0.480 e. The third kappa shape index (κ3) is 5.06. The van der Waals surface area contributed by atoms with Crippen LogP contribution in [0.2, 0.25) is 0 Å². The number of nitrogens with one attached hydrogen (secondary N) is 2. The normalized spacial score (nSPS) is 22.8. The number of anilines is 1. The van der Waals surface area contributed by atoms with E-state index in [4.69, 9.17) is 9.84 Å². The maximum atomic E-state index is 12.3. The van der Waals surface area contributed by atoms with Crippen molar-refractivity contribution < 1.29 is 24.2 Å². The monoisotopic (exact) mass is 334 g/mol. The van der Waals surface area contributed by atoms with Crippen molar-refractivity contribution in [3.63, 3.8) is 0 Å². The number of amides is 2. The molecule has 130 valence electrons. The standard InChI is InChI=1S/C17H22N2O5/c1-10-7-14(11(2)24-10)17(23)19-13-5-3-12(4-6-13)8-15(20)18-9-16(21)22/h3-6,10-11,14H,7-9H2,1-2H3,(H,18,20)(H,19,23)(H,21,22). The van der Waals surface area contributed by atoms with Crippen LogP contribution in [0.15, 0.2) is 24.3 Å². The van der Waals surface area contributed by atoms with Crippen LogP contribution in [0.3, 0.4) is 0 Å². The molecule has 1 aliphatic rings. The first kappa shape index (κ1) is 17.9. The molecule has 2 rings (SSSR count). The molecule has 2 amide bonds. The lowest BCUT2D eigenvalue weighted by Crippen LogP contribution is -2.30. The predicted octanol–water partition coefficient (Wildman–Crippen LogP) is 1.18. The number of carbonyl (C=O) groups is 3. The van der Waals surface area contributed by atoms with Crippen LogP contribution in [-0.4, -0.2) is 41.6 Å². The van der Waals surface area contributed by atoms with Crippen LogP contribution in [0.4, 0.5) is 5.69 Å². The van der Waals surface area contributed by atoms with Crippen molar-refractivity contribution in [2.24, 2.45) is 5.92 Å². The number of hydrogen-bond acceptors (Lipinski definition) is 4. The molecule has 24 heavy (non-hydrogen) atoms. The SMILES string of the molecule is CC1CC(C(=O)Nc2ccc(CC(=O)NCC(=O)O)cc2)C(C)O1. The van der Waals surface area contributed by atoms with Crippen LogP contribution < -0.4 is 10.6 Å². The highest BCUT2D eigenvalue weighted by atomic mass is 16.5. The second kappa shape index (κ2) is 7.92. The molecule has 1 fully saturated rings. The van der Waals surface area contributed by atoms with Crippen molar-refractivity contribution in [2.75, 3.05) is 11.9 Å². The summed E-state index contributed by atoms with van der Waals surface area (Å²) in [5.74, 6) is -1.68. The third-order valence-electron chi connectivity index (χ3n) is 3.96. The molecular weight excluding hydrogens is 312 g/mol. The van der Waals surface area contributed by atoms with E-state index in [2.05, 4.69) is 10.6 Å². The summed E-state index contributed by atoms with van der Waals surface area (Å²) in [6.07, 6.45) is 0.779. The predicted molar refractivity (Wildman–Crippen MR) is 87.5 cm³/mol. The number of ether oxygens (including phenoxy) is 1. The first-order valence-electron chi connectivity index (χ1n) is 7.89. The topological polar surface area (TPSA) is 105 Å². The zero-order valence-corrected chi connectivity index (χ0v) is 13.7. The van der Waals surface area contributed by atoms with Crippen molar-refractivity contribution in [3.8, 4) is 0 Å². The lowest BCUT2D eigenvalue weighted by atomic mass is 9.99. The molecule has 1 heterocycles. The van der Waals surface area contributed by atoms with Gasteiger partial charge < -0.3 is 20.5 Å². The van der Waals surface area contributed by atoms with Crippen molar-refractivity contribution in [3.05, 3.63) is 29.8 Å². The molecular formula is C17H22N2O5. The quantitative estimate of drug-likeness (QED) is 0.724. The fourth-order valence-corrected chi connectivity index (χ4v) is 2.75. The van der Waals surface area contributed by atoms with E-state index in [0.717, 1.165) is 5.56 Å². The maximum absolute atomic E-state index is 12.3. The highest BCUT2D eigenvalue weighted by Crippen LogP contribution is 2.27. The Kier molecular flexibility index (Phi) is 5.92. The van der Waals surface area contributed by atoms with Gasteiger partial charge in [-0.3, -0.25) is 14.4 Å². The maximum Gasteiger partial charge on any atom is 0.322 e. The zero-order chi connectivity index (χ0) is 17.7. The van der Waals surface area contributed by atoms with E-state index in [9.17, 15) is 14.4 Å². The van der Waals surface area contributed by atoms with Crippen LogP contribution >= 0.6 is 0 Å². The molecule has 1 saturated heterocycles. The first-order valence-corrected chi connectivity index (χ1v) is 7.89. The van der Waals surface area contributed by atoms with E-state index in [0.29, 0.717) is 12.1 Å². The lowest BCUT2D eigenvalue weighted by molar-refractivity contribution is -0.137. The molecule has 3 unspecified atom stereocenters. The van der Waals surface area contributed by atoms with Crippen molar-refractivity contribution in [1.29, 1.82) is 0 Å². The summed E-state index contributed by atoms with van der Waals surface area (Å²) in [5, 5.41) is 13.7. The van der Waals surface area contributed by atoms with Gasteiger partial charge in [0.05, 0.1) is 24.5 Å². The van der Waals surface area contributed by atoms with Gasteiger partial charge in [0.15, 0.2) is 0 Å². The summed E-state index contributed by atoms with van der Waals surface area (Å²) < 4.78 is 5.59. The molecule has 1 aromatic carbocycles. The summed E-state index contributed by atoms with van der Waals surface area (Å²) in [4.78, 5) is 34.2. The average molecular weight is 334 g/mol. The van der Waals surface area contributed by atoms with E-state index in [1.165, 1.54) is 0 Å². The van der Waals surface area contributed by atoms with Gasteiger partial charge in [-0.2, -0.15) is 0 Å². The van der Waals surface area contributed by atoms with Crippen molar-refractivity contribution >= 4 is 23.5 Å². The minimum absolute atomic E-state index is 0.0706. The van der Waals surface area contributed by atoms with E-state index in [1.54, 1.807) is 24.3 Å². The minimum atomic E-state index is -1.08. The average Bonchev–Trinajstić information content (AvgIpc) is 2.86. The molecule has 1 aromatic rings. The van der Waals surface area contributed by atoms with E-state index < -0.39 is 12.5 Å². The molecule has 0 aliphatic carbocycles. The van der Waals surface area contributed by atoms with Crippen LogP contribution in [0.25, 0.3) is 0 Å². The van der Waals surface area contributed by atoms with Gasteiger partial charge in [-0.15, -0.1) is 0 Å². The van der Waals surface area contributed by atoms with Gasteiger partial charge in [0.25, 0.3) is 0 Å². The van der Waals surface area contributed by atoms with Gasteiger partial charge in [-0.1, -0.05) is 12.1 Å². The Balaban J connectivity index is 1.86. The smallest absolute Gasteiger partial charge is 0.322 e. The number of aliphatic carboxylic acids is 1. The molecule has 0 bridgehead atoms. The van der Waals surface area contributed by atoms with E-state index >= 15 is 0 Å². The lowest BCUT2D eigenvalue weighted by Gasteiger charge is -2.14. The number of benzene rings is 1. The van der Waals surface area contributed by atoms with Crippen molar-refractivity contribution in [2.45, 2.75) is 38.9 Å². The molecule has 0 radical (unpaired) electrons. The molecule has 7 nitrogen and oxygen atoms in total. The van der Waals surface area contributed by atoms with E-state index in [1.807, 2.05) is 13.8 Å². The Morgan fingerprint density at radius 1 is 1.21 bits per heavy atom. The molecule has 0 saturated carbocycles. The van der Waals surface area contributed by atoms with Gasteiger partial charge in [0, 0.05) is 5.69 Å². The fourth-order valence-electron chi connectivity index (χ4n) is 2.75. The highest BCUT2D eigenvalue weighted by molar-refractivity contribution is 5.93. The molecule has 1 aliphatic heterocycles. The van der Waals surface area contributed by atoms with Crippen LogP contribution in [0.1, 0.15) is 25.8 Å². The zero-order valence-electron chi connectivity index (χ0n) is 13.7. The molecule has 3 N–H and O–H groups in total. The molecule has 0 spiro atoms. The second-order valence-electron chi connectivity index (χ2n) is 6.03. The Morgan fingerprint density at radius 2 is 1.88 bits per heavy atom. The van der Waals surface area contributed by atoms with E-state index in [-0.39, 0.29) is 36.4 Å². The summed E-state index contributed by atoms with van der Waals surface area (Å²) in [5.41, 5.74) is 1.39. The highest BCUT2D eigenvalue weighted by Gasteiger charge is 2.34. The van der Waals surface area contributed by atoms with Crippen LogP contribution in [0.5, 0.6) is 0 Å². The second-order valence-corrected chi connectivity index (χ2v) is 6.03. The number of carboxylic acids is 1. The number of hydrogen-bond donors (Lipinski definition) is 3. The summed E-state index contributed by atoms with van der Waals surface area (Å²) >= 11 is 0. The number of carboxylic acid groups (broad SMARTS) is 1. The van der Waals surface area contributed by atoms with Gasteiger partial charge in [0.2, 0.25) is 11.8 Å². The van der Waals surface area contributed by atoms with Gasteiger partial charge in [-0.25, -0.2) is 0 Å². The number of rotatable bonds is 6. The largest absolute Gasteiger partial charge is 0.480 e. The summed E-state index contributed by atoms with van der Waals surface area (Å²) in [7, 11) is 0. The van der Waals surface area contributed by atoms with Crippen molar-refractivity contribution in [1.82, 2.24) is 5.32 Å². The van der Waals surface area contributed by atoms with Gasteiger partial charge in [0.1, 0.15) is 6.54 Å². The molecule has 3 atom stereocenters. The Bertz CT molecular complexity index is 614. The Labute approximate surface area is 140 Å². The Hall–Kier alpha value is -2.41. The first-order chi connectivity index (χ1) is 11.3. The fraction of sp³-hybridized carbons (Fsp3) is 0.471. The molecule has 0 aromatic heterocycles. The third-order valence-corrected chi connectivity index (χ3v) is 3.96.